The van der Waals surface area contributed by atoms with Crippen LogP contribution >= 0.6 is 0 Å². The summed E-state index contributed by atoms with van der Waals surface area (Å²) in [6.45, 7) is 6.07. The highest BCUT2D eigenvalue weighted by molar-refractivity contribution is 5.94. The third-order valence-corrected chi connectivity index (χ3v) is 3.57. The molecule has 1 aromatic rings. The lowest BCUT2D eigenvalue weighted by Crippen LogP contribution is -2.38. The molecule has 0 aromatic carbocycles. The molecule has 1 N–H and O–H groups in total. The number of morpholine rings is 1. The molecule has 128 valence electrons. The van der Waals surface area contributed by atoms with Gasteiger partial charge in [-0.3, -0.25) is 9.69 Å². The van der Waals surface area contributed by atoms with E-state index in [2.05, 4.69) is 15.2 Å². The molecule has 0 radical (unpaired) electrons. The standard InChI is InChI=1S/C16H25N3O4/c1-21-11-12-23-15-13-14(3-5-17-15)16(20)18-4-2-6-19-7-9-22-10-8-19/h3,5,13H,2,4,6-12H2,1H3,(H,18,20). The first-order valence-electron chi connectivity index (χ1n) is 7.95. The van der Waals surface area contributed by atoms with Crippen LogP contribution in [0, 0.1) is 0 Å². The predicted octanol–water partition coefficient (Wildman–Crippen LogP) is 0.559. The molecule has 1 aliphatic heterocycles. The van der Waals surface area contributed by atoms with E-state index >= 15 is 0 Å². The van der Waals surface area contributed by atoms with E-state index in [-0.39, 0.29) is 5.91 Å². The molecule has 0 spiro atoms. The highest BCUT2D eigenvalue weighted by atomic mass is 16.5. The summed E-state index contributed by atoms with van der Waals surface area (Å²) < 4.78 is 15.6. The largest absolute Gasteiger partial charge is 0.475 e. The Kier molecular flexibility index (Phi) is 7.79. The van der Waals surface area contributed by atoms with Crippen LogP contribution in [0.5, 0.6) is 5.88 Å². The Bertz CT molecular complexity index is 478. The van der Waals surface area contributed by atoms with Gasteiger partial charge in [0.1, 0.15) is 6.61 Å². The minimum Gasteiger partial charge on any atom is -0.475 e. The van der Waals surface area contributed by atoms with E-state index in [1.54, 1.807) is 25.4 Å². The van der Waals surface area contributed by atoms with Gasteiger partial charge >= 0.3 is 0 Å². The van der Waals surface area contributed by atoms with Crippen LogP contribution in [0.1, 0.15) is 16.8 Å². The van der Waals surface area contributed by atoms with Crippen LogP contribution in [-0.2, 0) is 9.47 Å². The minimum absolute atomic E-state index is 0.106. The molecule has 1 saturated heterocycles. The second-order valence-electron chi connectivity index (χ2n) is 5.29. The SMILES string of the molecule is COCCOc1cc(C(=O)NCCCN2CCOCC2)ccn1. The van der Waals surface area contributed by atoms with E-state index in [9.17, 15) is 4.79 Å². The molecule has 0 bridgehead atoms. The van der Waals surface area contributed by atoms with Crippen LogP contribution in [0.4, 0.5) is 0 Å². The molecule has 0 saturated carbocycles. The number of hydrogen-bond acceptors (Lipinski definition) is 6. The maximum Gasteiger partial charge on any atom is 0.251 e. The van der Waals surface area contributed by atoms with Gasteiger partial charge in [0.15, 0.2) is 0 Å². The first-order chi connectivity index (χ1) is 11.3. The van der Waals surface area contributed by atoms with Crippen LogP contribution in [0.15, 0.2) is 18.3 Å². The zero-order valence-corrected chi connectivity index (χ0v) is 13.6. The van der Waals surface area contributed by atoms with Gasteiger partial charge in [-0.25, -0.2) is 4.98 Å². The molecular formula is C16H25N3O4. The topological polar surface area (TPSA) is 72.9 Å². The Hall–Kier alpha value is -1.70. The fourth-order valence-corrected chi connectivity index (χ4v) is 2.29. The smallest absolute Gasteiger partial charge is 0.251 e. The molecule has 0 unspecified atom stereocenters. The Morgan fingerprint density at radius 2 is 2.22 bits per heavy atom. The minimum atomic E-state index is -0.106. The van der Waals surface area contributed by atoms with E-state index in [4.69, 9.17) is 14.2 Å². The second-order valence-corrected chi connectivity index (χ2v) is 5.29. The highest BCUT2D eigenvalue weighted by Gasteiger charge is 2.10. The zero-order valence-electron chi connectivity index (χ0n) is 13.6. The summed E-state index contributed by atoms with van der Waals surface area (Å²) in [5.74, 6) is 0.328. The van der Waals surface area contributed by atoms with Gasteiger partial charge in [0.2, 0.25) is 5.88 Å². The second kappa shape index (κ2) is 10.1. The van der Waals surface area contributed by atoms with Crippen molar-refractivity contribution in [3.05, 3.63) is 23.9 Å². The van der Waals surface area contributed by atoms with E-state index in [0.717, 1.165) is 39.3 Å². The highest BCUT2D eigenvalue weighted by Crippen LogP contribution is 2.09. The lowest BCUT2D eigenvalue weighted by molar-refractivity contribution is 0.0374. The lowest BCUT2D eigenvalue weighted by Gasteiger charge is -2.26. The Morgan fingerprint density at radius 1 is 1.39 bits per heavy atom. The molecule has 1 amide bonds. The molecule has 0 aliphatic carbocycles. The average Bonchev–Trinajstić information content (AvgIpc) is 2.60. The number of nitrogens with zero attached hydrogens (tertiary/aromatic N) is 2. The van der Waals surface area contributed by atoms with Crippen LogP contribution in [-0.4, -0.2) is 75.5 Å². The predicted molar refractivity (Wildman–Crippen MR) is 85.8 cm³/mol. The van der Waals surface area contributed by atoms with E-state index in [1.807, 2.05) is 0 Å². The van der Waals surface area contributed by atoms with Crippen LogP contribution in [0.3, 0.4) is 0 Å². The van der Waals surface area contributed by atoms with Crippen molar-refractivity contribution in [2.75, 3.05) is 59.7 Å². The van der Waals surface area contributed by atoms with Crippen molar-refractivity contribution < 1.29 is 19.0 Å². The lowest BCUT2D eigenvalue weighted by atomic mass is 10.2. The number of carbonyl (C=O) groups is 1. The number of pyridine rings is 1. The summed E-state index contributed by atoms with van der Waals surface area (Å²) in [4.78, 5) is 18.6. The molecule has 0 atom stereocenters. The molecule has 23 heavy (non-hydrogen) atoms. The maximum atomic E-state index is 12.1. The maximum absolute atomic E-state index is 12.1. The number of rotatable bonds is 9. The van der Waals surface area contributed by atoms with Gasteiger partial charge in [0.25, 0.3) is 5.91 Å². The summed E-state index contributed by atoms with van der Waals surface area (Å²) in [7, 11) is 1.61. The van der Waals surface area contributed by atoms with Crippen molar-refractivity contribution in [2.24, 2.45) is 0 Å². The van der Waals surface area contributed by atoms with Crippen molar-refractivity contribution in [3.8, 4) is 5.88 Å². The number of hydrogen-bond donors (Lipinski definition) is 1. The van der Waals surface area contributed by atoms with Gasteiger partial charge in [0.05, 0.1) is 19.8 Å². The molecule has 2 rings (SSSR count). The van der Waals surface area contributed by atoms with Crippen molar-refractivity contribution >= 4 is 5.91 Å². The Morgan fingerprint density at radius 3 is 3.00 bits per heavy atom. The van der Waals surface area contributed by atoms with Gasteiger partial charge in [0, 0.05) is 44.6 Å². The Balaban J connectivity index is 1.69. The number of methoxy groups -OCH3 is 1. The van der Waals surface area contributed by atoms with Gasteiger partial charge in [-0.1, -0.05) is 0 Å². The van der Waals surface area contributed by atoms with E-state index in [1.165, 1.54) is 0 Å². The first-order valence-corrected chi connectivity index (χ1v) is 7.95. The van der Waals surface area contributed by atoms with Gasteiger partial charge < -0.3 is 19.5 Å². The van der Waals surface area contributed by atoms with Crippen molar-refractivity contribution in [1.82, 2.24) is 15.2 Å². The monoisotopic (exact) mass is 323 g/mol. The molecule has 1 aromatic heterocycles. The fraction of sp³-hybridized carbons (Fsp3) is 0.625. The van der Waals surface area contributed by atoms with E-state index < -0.39 is 0 Å². The van der Waals surface area contributed by atoms with Gasteiger partial charge in [-0.05, 0) is 19.0 Å². The van der Waals surface area contributed by atoms with Crippen molar-refractivity contribution in [2.45, 2.75) is 6.42 Å². The number of amides is 1. The number of carbonyl (C=O) groups excluding carboxylic acids is 1. The summed E-state index contributed by atoms with van der Waals surface area (Å²) in [6, 6.07) is 3.33. The van der Waals surface area contributed by atoms with Crippen molar-refractivity contribution in [1.29, 1.82) is 0 Å². The number of aromatic nitrogens is 1. The van der Waals surface area contributed by atoms with Gasteiger partial charge in [-0.15, -0.1) is 0 Å². The Labute approximate surface area is 136 Å². The third kappa shape index (κ3) is 6.52. The molecule has 2 heterocycles. The molecule has 1 aliphatic rings. The zero-order chi connectivity index (χ0) is 16.3. The number of nitrogens with one attached hydrogen (secondary N) is 1. The average molecular weight is 323 g/mol. The van der Waals surface area contributed by atoms with Gasteiger partial charge in [-0.2, -0.15) is 0 Å². The van der Waals surface area contributed by atoms with Crippen LogP contribution in [0.2, 0.25) is 0 Å². The van der Waals surface area contributed by atoms with Crippen LogP contribution < -0.4 is 10.1 Å². The normalized spacial score (nSPS) is 15.3. The molecule has 7 nitrogen and oxygen atoms in total. The third-order valence-electron chi connectivity index (χ3n) is 3.57. The summed E-state index contributed by atoms with van der Waals surface area (Å²) in [5.41, 5.74) is 0.554. The summed E-state index contributed by atoms with van der Waals surface area (Å²) >= 11 is 0. The molecular weight excluding hydrogens is 298 g/mol. The summed E-state index contributed by atoms with van der Waals surface area (Å²) in [6.07, 6.45) is 2.50. The fourth-order valence-electron chi connectivity index (χ4n) is 2.29. The molecule has 1 fully saturated rings. The summed E-state index contributed by atoms with van der Waals surface area (Å²) in [5, 5.41) is 2.93. The number of ether oxygens (including phenoxy) is 3. The van der Waals surface area contributed by atoms with Crippen molar-refractivity contribution in [3.63, 3.8) is 0 Å². The first kappa shape index (κ1) is 17.7. The van der Waals surface area contributed by atoms with E-state index in [0.29, 0.717) is 31.2 Å². The quantitative estimate of drug-likeness (QED) is 0.670. The molecule has 7 heteroatoms. The van der Waals surface area contributed by atoms with Crippen LogP contribution in [0.25, 0.3) is 0 Å².